The average Bonchev–Trinajstić information content (AvgIpc) is 2.10. The molecule has 0 atom stereocenters. The van der Waals surface area contributed by atoms with Crippen LogP contribution < -0.4 is 5.73 Å². The van der Waals surface area contributed by atoms with Gasteiger partial charge in [0.15, 0.2) is 0 Å². The van der Waals surface area contributed by atoms with Gasteiger partial charge in [-0.3, -0.25) is 4.79 Å². The summed E-state index contributed by atoms with van der Waals surface area (Å²) in [6.07, 6.45) is 1.60. The molecule has 0 radical (unpaired) electrons. The lowest BCUT2D eigenvalue weighted by Crippen LogP contribution is -2.27. The Hall–Kier alpha value is -1.08. The molecule has 0 bridgehead atoms. The predicted octanol–water partition coefficient (Wildman–Crippen LogP) is 0.0974. The SMILES string of the molecule is CN(CCC#N)C(=O)CCCN. The van der Waals surface area contributed by atoms with Crippen molar-refractivity contribution in [2.24, 2.45) is 5.73 Å². The fourth-order valence-corrected chi connectivity index (χ4v) is 0.787. The van der Waals surface area contributed by atoms with Crippen LogP contribution in [0, 0.1) is 11.3 Å². The third-order valence-corrected chi connectivity index (χ3v) is 1.58. The monoisotopic (exact) mass is 169 g/mol. The van der Waals surface area contributed by atoms with Crippen molar-refractivity contribution >= 4 is 5.91 Å². The summed E-state index contributed by atoms with van der Waals surface area (Å²) < 4.78 is 0. The van der Waals surface area contributed by atoms with Crippen LogP contribution in [0.15, 0.2) is 0 Å². The fourth-order valence-electron chi connectivity index (χ4n) is 0.787. The standard InChI is InChI=1S/C8H15N3O/c1-11(7-3-6-10)8(12)4-2-5-9/h2-5,7,9H2,1H3. The smallest absolute Gasteiger partial charge is 0.222 e. The molecule has 0 spiro atoms. The Balaban J connectivity index is 3.55. The van der Waals surface area contributed by atoms with Gasteiger partial charge in [-0.05, 0) is 13.0 Å². The fraction of sp³-hybridized carbons (Fsp3) is 0.750. The molecule has 0 aromatic heterocycles. The Kier molecular flexibility index (Phi) is 6.02. The van der Waals surface area contributed by atoms with Gasteiger partial charge in [-0.25, -0.2) is 0 Å². The number of hydrogen-bond acceptors (Lipinski definition) is 3. The van der Waals surface area contributed by atoms with Crippen LogP contribution in [-0.4, -0.2) is 30.9 Å². The zero-order valence-corrected chi connectivity index (χ0v) is 7.42. The van der Waals surface area contributed by atoms with E-state index in [0.717, 1.165) is 6.42 Å². The molecule has 0 heterocycles. The van der Waals surface area contributed by atoms with Gasteiger partial charge in [0.25, 0.3) is 0 Å². The van der Waals surface area contributed by atoms with E-state index in [-0.39, 0.29) is 5.91 Å². The van der Waals surface area contributed by atoms with Gasteiger partial charge in [0.1, 0.15) is 0 Å². The molecule has 0 rings (SSSR count). The van der Waals surface area contributed by atoms with Crippen molar-refractivity contribution in [3.05, 3.63) is 0 Å². The lowest BCUT2D eigenvalue weighted by atomic mass is 10.3. The highest BCUT2D eigenvalue weighted by Gasteiger charge is 2.06. The van der Waals surface area contributed by atoms with E-state index in [2.05, 4.69) is 0 Å². The van der Waals surface area contributed by atoms with E-state index in [1.807, 2.05) is 6.07 Å². The number of amides is 1. The number of carbonyl (C=O) groups is 1. The maximum atomic E-state index is 11.2. The van der Waals surface area contributed by atoms with Crippen LogP contribution >= 0.6 is 0 Å². The number of nitrogens with two attached hydrogens (primary N) is 1. The molecular weight excluding hydrogens is 154 g/mol. The molecule has 0 aromatic carbocycles. The molecule has 0 fully saturated rings. The zero-order chi connectivity index (χ0) is 9.40. The summed E-state index contributed by atoms with van der Waals surface area (Å²) in [7, 11) is 1.70. The Morgan fingerprint density at radius 1 is 1.67 bits per heavy atom. The predicted molar refractivity (Wildman–Crippen MR) is 46.2 cm³/mol. The van der Waals surface area contributed by atoms with E-state index >= 15 is 0 Å². The van der Waals surface area contributed by atoms with Crippen molar-refractivity contribution in [1.29, 1.82) is 5.26 Å². The van der Waals surface area contributed by atoms with E-state index in [9.17, 15) is 4.79 Å². The van der Waals surface area contributed by atoms with Gasteiger partial charge in [-0.15, -0.1) is 0 Å². The Labute approximate surface area is 72.9 Å². The Morgan fingerprint density at radius 2 is 2.33 bits per heavy atom. The lowest BCUT2D eigenvalue weighted by Gasteiger charge is -2.14. The first-order valence-electron chi connectivity index (χ1n) is 4.03. The number of nitrogens with zero attached hydrogens (tertiary/aromatic N) is 2. The summed E-state index contributed by atoms with van der Waals surface area (Å²) in [5.74, 6) is 0.0655. The van der Waals surface area contributed by atoms with Gasteiger partial charge in [0.05, 0.1) is 12.5 Å². The molecule has 2 N–H and O–H groups in total. The van der Waals surface area contributed by atoms with Crippen LogP contribution in [0.25, 0.3) is 0 Å². The topological polar surface area (TPSA) is 70.1 Å². The summed E-state index contributed by atoms with van der Waals surface area (Å²) in [4.78, 5) is 12.7. The van der Waals surface area contributed by atoms with Gasteiger partial charge in [-0.2, -0.15) is 5.26 Å². The van der Waals surface area contributed by atoms with Crippen molar-refractivity contribution in [1.82, 2.24) is 4.90 Å². The molecule has 68 valence electrons. The second kappa shape index (κ2) is 6.62. The van der Waals surface area contributed by atoms with Crippen LogP contribution in [0.4, 0.5) is 0 Å². The van der Waals surface area contributed by atoms with Gasteiger partial charge in [0.2, 0.25) is 5.91 Å². The number of rotatable bonds is 5. The third-order valence-electron chi connectivity index (χ3n) is 1.58. The first-order chi connectivity index (χ1) is 5.72. The van der Waals surface area contributed by atoms with Crippen LogP contribution in [0.5, 0.6) is 0 Å². The summed E-state index contributed by atoms with van der Waals surface area (Å²) >= 11 is 0. The Bertz CT molecular complexity index is 174. The van der Waals surface area contributed by atoms with E-state index in [0.29, 0.717) is 25.9 Å². The number of carbonyl (C=O) groups excluding carboxylic acids is 1. The highest BCUT2D eigenvalue weighted by atomic mass is 16.2. The second-order valence-electron chi connectivity index (χ2n) is 2.62. The molecule has 0 aliphatic rings. The van der Waals surface area contributed by atoms with Crippen LogP contribution in [0.1, 0.15) is 19.3 Å². The van der Waals surface area contributed by atoms with Gasteiger partial charge < -0.3 is 10.6 Å². The van der Waals surface area contributed by atoms with Gasteiger partial charge in [0, 0.05) is 20.0 Å². The molecule has 12 heavy (non-hydrogen) atoms. The molecule has 0 saturated heterocycles. The summed E-state index contributed by atoms with van der Waals surface area (Å²) in [5, 5.41) is 8.27. The third kappa shape index (κ3) is 4.69. The van der Waals surface area contributed by atoms with E-state index in [1.165, 1.54) is 0 Å². The van der Waals surface area contributed by atoms with Crippen molar-refractivity contribution in [3.63, 3.8) is 0 Å². The summed E-state index contributed by atoms with van der Waals surface area (Å²) in [6.45, 7) is 1.05. The average molecular weight is 169 g/mol. The van der Waals surface area contributed by atoms with E-state index < -0.39 is 0 Å². The van der Waals surface area contributed by atoms with Crippen molar-refractivity contribution in [3.8, 4) is 6.07 Å². The summed E-state index contributed by atoms with van der Waals surface area (Å²) in [5.41, 5.74) is 5.25. The maximum Gasteiger partial charge on any atom is 0.222 e. The molecule has 1 amide bonds. The Morgan fingerprint density at radius 3 is 2.83 bits per heavy atom. The number of hydrogen-bond donors (Lipinski definition) is 1. The van der Waals surface area contributed by atoms with E-state index in [4.69, 9.17) is 11.0 Å². The normalized spacial score (nSPS) is 9.08. The van der Waals surface area contributed by atoms with E-state index in [1.54, 1.807) is 11.9 Å². The minimum absolute atomic E-state index is 0.0655. The first kappa shape index (κ1) is 10.9. The lowest BCUT2D eigenvalue weighted by molar-refractivity contribution is -0.129. The largest absolute Gasteiger partial charge is 0.345 e. The maximum absolute atomic E-state index is 11.2. The van der Waals surface area contributed by atoms with Gasteiger partial charge >= 0.3 is 0 Å². The van der Waals surface area contributed by atoms with Crippen LogP contribution in [-0.2, 0) is 4.79 Å². The quantitative estimate of drug-likeness (QED) is 0.634. The highest BCUT2D eigenvalue weighted by Crippen LogP contribution is 1.94. The molecule has 4 nitrogen and oxygen atoms in total. The summed E-state index contributed by atoms with van der Waals surface area (Å²) in [6, 6.07) is 1.99. The molecule has 0 aromatic rings. The van der Waals surface area contributed by atoms with Crippen molar-refractivity contribution in [2.45, 2.75) is 19.3 Å². The molecule has 0 aliphatic carbocycles. The molecular formula is C8H15N3O. The van der Waals surface area contributed by atoms with Crippen LogP contribution in [0.3, 0.4) is 0 Å². The highest BCUT2D eigenvalue weighted by molar-refractivity contribution is 5.75. The molecule has 0 unspecified atom stereocenters. The zero-order valence-electron chi connectivity index (χ0n) is 7.42. The van der Waals surface area contributed by atoms with Crippen molar-refractivity contribution < 1.29 is 4.79 Å². The first-order valence-corrected chi connectivity index (χ1v) is 4.03. The van der Waals surface area contributed by atoms with Crippen LogP contribution in [0.2, 0.25) is 0 Å². The number of nitriles is 1. The minimum atomic E-state index is 0.0655. The van der Waals surface area contributed by atoms with Gasteiger partial charge in [-0.1, -0.05) is 0 Å². The minimum Gasteiger partial charge on any atom is -0.345 e. The molecule has 0 saturated carbocycles. The molecule has 4 heteroatoms. The van der Waals surface area contributed by atoms with Crippen molar-refractivity contribution in [2.75, 3.05) is 20.1 Å². The molecule has 0 aliphatic heterocycles. The second-order valence-corrected chi connectivity index (χ2v) is 2.62.